The number of hydrogen-bond acceptors (Lipinski definition) is 4. The number of hydrogen-bond donors (Lipinski definition) is 1. The summed E-state index contributed by atoms with van der Waals surface area (Å²) >= 11 is 12.1. The normalized spacial score (nSPS) is 21.4. The quantitative estimate of drug-likeness (QED) is 0.610. The molecular formula is C16H19Cl2NO4. The molecule has 1 aliphatic heterocycles. The van der Waals surface area contributed by atoms with Crippen LogP contribution in [0.3, 0.4) is 0 Å². The number of rotatable bonds is 6. The number of carbonyl (C=O) groups is 1. The van der Waals surface area contributed by atoms with Gasteiger partial charge in [-0.1, -0.05) is 36.2 Å². The Labute approximate surface area is 145 Å². The van der Waals surface area contributed by atoms with Crippen molar-refractivity contribution in [1.82, 2.24) is 5.06 Å². The minimum absolute atomic E-state index is 0.0766. The van der Waals surface area contributed by atoms with Crippen molar-refractivity contribution < 1.29 is 19.5 Å². The smallest absolute Gasteiger partial charge is 0.282 e. The Kier molecular flexibility index (Phi) is 5.57. The van der Waals surface area contributed by atoms with E-state index in [1.807, 2.05) is 13.8 Å². The molecule has 0 bridgehead atoms. The fraction of sp³-hybridized carbons (Fsp3) is 0.438. The Morgan fingerprint density at radius 1 is 1.30 bits per heavy atom. The van der Waals surface area contributed by atoms with E-state index in [4.69, 9.17) is 32.8 Å². The largest absolute Gasteiger partial charge is 0.509 e. The van der Waals surface area contributed by atoms with E-state index in [2.05, 4.69) is 0 Å². The fourth-order valence-corrected chi connectivity index (χ4v) is 2.92. The number of ether oxygens (including phenoxy) is 1. The maximum Gasteiger partial charge on any atom is 0.282 e. The predicted molar refractivity (Wildman–Crippen MR) is 89.1 cm³/mol. The van der Waals surface area contributed by atoms with Crippen molar-refractivity contribution in [3.8, 4) is 0 Å². The molecule has 1 heterocycles. The van der Waals surface area contributed by atoms with Gasteiger partial charge in [-0.15, -0.1) is 0 Å². The average molecular weight is 360 g/mol. The Balaban J connectivity index is 2.44. The lowest BCUT2D eigenvalue weighted by Crippen LogP contribution is -2.45. The third kappa shape index (κ3) is 3.19. The Morgan fingerprint density at radius 3 is 2.57 bits per heavy atom. The summed E-state index contributed by atoms with van der Waals surface area (Å²) in [6, 6.07) is 4.75. The lowest BCUT2D eigenvalue weighted by Gasteiger charge is -2.32. The Bertz CT molecular complexity index is 647. The van der Waals surface area contributed by atoms with Crippen LogP contribution in [0.4, 0.5) is 0 Å². The molecule has 5 nitrogen and oxygen atoms in total. The maximum absolute atomic E-state index is 12.8. The predicted octanol–water partition coefficient (Wildman–Crippen LogP) is 4.20. The molecule has 7 heteroatoms. The highest BCUT2D eigenvalue weighted by Crippen LogP contribution is 2.43. The van der Waals surface area contributed by atoms with E-state index in [0.717, 1.165) is 5.06 Å². The SMILES string of the molecule is CCOCON1C(=O)C(c2ccc(Cl)cc2Cl)=C(O)C1(C)CC. The van der Waals surface area contributed by atoms with Crippen molar-refractivity contribution in [2.75, 3.05) is 13.4 Å². The van der Waals surface area contributed by atoms with Crippen LogP contribution in [0, 0.1) is 0 Å². The van der Waals surface area contributed by atoms with Crippen LogP contribution in [0.5, 0.6) is 0 Å². The molecule has 0 saturated carbocycles. The molecule has 1 aromatic carbocycles. The summed E-state index contributed by atoms with van der Waals surface area (Å²) in [5, 5.41) is 12.5. The van der Waals surface area contributed by atoms with Crippen LogP contribution in [0.2, 0.25) is 10.0 Å². The minimum atomic E-state index is -0.980. The van der Waals surface area contributed by atoms with Crippen LogP contribution in [0.1, 0.15) is 32.8 Å². The lowest BCUT2D eigenvalue weighted by molar-refractivity contribution is -0.245. The number of carbonyl (C=O) groups excluding carboxylic acids is 1. The monoisotopic (exact) mass is 359 g/mol. The van der Waals surface area contributed by atoms with Gasteiger partial charge in [0.25, 0.3) is 5.91 Å². The van der Waals surface area contributed by atoms with E-state index in [1.165, 1.54) is 6.07 Å². The van der Waals surface area contributed by atoms with Crippen molar-refractivity contribution in [2.45, 2.75) is 32.7 Å². The molecule has 0 saturated heterocycles. The Hall–Kier alpha value is -1.27. The zero-order chi connectivity index (χ0) is 17.2. The van der Waals surface area contributed by atoms with E-state index in [-0.39, 0.29) is 23.1 Å². The number of aliphatic hydroxyl groups is 1. The standard InChI is InChI=1S/C16H19Cl2NO4/c1-4-16(3)14(20)13(11-7-6-10(17)8-12(11)18)15(21)19(16)23-9-22-5-2/h6-8,20H,4-5,9H2,1-3H3. The second-order valence-electron chi connectivity index (χ2n) is 5.31. The molecule has 1 aromatic rings. The summed E-state index contributed by atoms with van der Waals surface area (Å²) in [7, 11) is 0. The van der Waals surface area contributed by atoms with Gasteiger partial charge in [0, 0.05) is 17.2 Å². The van der Waals surface area contributed by atoms with Gasteiger partial charge in [-0.3, -0.25) is 4.79 Å². The highest BCUT2D eigenvalue weighted by molar-refractivity contribution is 6.37. The van der Waals surface area contributed by atoms with Gasteiger partial charge in [-0.25, -0.2) is 9.90 Å². The molecule has 0 fully saturated rings. The molecule has 126 valence electrons. The van der Waals surface area contributed by atoms with Crippen molar-refractivity contribution in [2.24, 2.45) is 0 Å². The van der Waals surface area contributed by atoms with Gasteiger partial charge in [0.2, 0.25) is 0 Å². The molecule has 1 N–H and O–H groups in total. The summed E-state index contributed by atoms with van der Waals surface area (Å²) in [6.07, 6.45) is 0.464. The van der Waals surface area contributed by atoms with Crippen molar-refractivity contribution in [3.63, 3.8) is 0 Å². The van der Waals surface area contributed by atoms with E-state index in [0.29, 0.717) is 23.6 Å². The molecule has 1 atom stereocenters. The first-order chi connectivity index (χ1) is 10.9. The number of benzene rings is 1. The zero-order valence-electron chi connectivity index (χ0n) is 13.2. The minimum Gasteiger partial charge on any atom is -0.509 e. The van der Waals surface area contributed by atoms with Gasteiger partial charge in [0.1, 0.15) is 11.3 Å². The summed E-state index contributed by atoms with van der Waals surface area (Å²) in [5.41, 5.74) is -0.444. The number of halogens is 2. The number of hydroxylamine groups is 2. The molecule has 1 amide bonds. The van der Waals surface area contributed by atoms with Crippen LogP contribution in [0.15, 0.2) is 24.0 Å². The summed E-state index contributed by atoms with van der Waals surface area (Å²) in [4.78, 5) is 18.2. The third-order valence-corrected chi connectivity index (χ3v) is 4.50. The van der Waals surface area contributed by atoms with Gasteiger partial charge in [0.05, 0.1) is 10.6 Å². The first-order valence-corrected chi connectivity index (χ1v) is 8.06. The molecular weight excluding hydrogens is 341 g/mol. The van der Waals surface area contributed by atoms with Crippen molar-refractivity contribution >= 4 is 34.7 Å². The number of amides is 1. The van der Waals surface area contributed by atoms with Crippen LogP contribution in [-0.2, 0) is 14.4 Å². The molecule has 1 aliphatic rings. The zero-order valence-corrected chi connectivity index (χ0v) is 14.7. The average Bonchev–Trinajstić information content (AvgIpc) is 2.70. The number of aliphatic hydroxyl groups excluding tert-OH is 1. The van der Waals surface area contributed by atoms with Crippen LogP contribution < -0.4 is 0 Å². The summed E-state index contributed by atoms with van der Waals surface area (Å²) < 4.78 is 5.14. The second-order valence-corrected chi connectivity index (χ2v) is 6.16. The van der Waals surface area contributed by atoms with E-state index < -0.39 is 11.4 Å². The first-order valence-electron chi connectivity index (χ1n) is 7.31. The summed E-state index contributed by atoms with van der Waals surface area (Å²) in [6.45, 7) is 5.78. The van der Waals surface area contributed by atoms with E-state index in [9.17, 15) is 9.90 Å². The highest BCUT2D eigenvalue weighted by atomic mass is 35.5. The highest BCUT2D eigenvalue weighted by Gasteiger charge is 2.50. The van der Waals surface area contributed by atoms with Crippen molar-refractivity contribution in [3.05, 3.63) is 39.6 Å². The van der Waals surface area contributed by atoms with Crippen LogP contribution >= 0.6 is 23.2 Å². The number of nitrogens with zero attached hydrogens (tertiary/aromatic N) is 1. The molecule has 2 rings (SSSR count). The molecule has 0 aliphatic carbocycles. The fourth-order valence-electron chi connectivity index (χ4n) is 2.41. The van der Waals surface area contributed by atoms with Gasteiger partial charge in [-0.05, 0) is 32.4 Å². The second kappa shape index (κ2) is 7.09. The van der Waals surface area contributed by atoms with Crippen molar-refractivity contribution in [1.29, 1.82) is 0 Å². The Morgan fingerprint density at radius 2 is 2.00 bits per heavy atom. The van der Waals surface area contributed by atoms with E-state index in [1.54, 1.807) is 19.1 Å². The lowest BCUT2D eigenvalue weighted by atomic mass is 9.95. The van der Waals surface area contributed by atoms with Gasteiger partial charge < -0.3 is 9.84 Å². The van der Waals surface area contributed by atoms with Crippen LogP contribution in [-0.4, -0.2) is 35.0 Å². The molecule has 0 radical (unpaired) electrons. The van der Waals surface area contributed by atoms with Gasteiger partial charge in [0.15, 0.2) is 6.79 Å². The van der Waals surface area contributed by atoms with Crippen LogP contribution in [0.25, 0.3) is 5.57 Å². The van der Waals surface area contributed by atoms with Gasteiger partial charge >= 0.3 is 0 Å². The molecule has 1 unspecified atom stereocenters. The molecule has 23 heavy (non-hydrogen) atoms. The molecule has 0 aromatic heterocycles. The topological polar surface area (TPSA) is 59.0 Å². The third-order valence-electron chi connectivity index (χ3n) is 3.95. The molecule has 0 spiro atoms. The first kappa shape index (κ1) is 18.1. The summed E-state index contributed by atoms with van der Waals surface area (Å²) in [5.74, 6) is -0.540. The van der Waals surface area contributed by atoms with E-state index >= 15 is 0 Å². The maximum atomic E-state index is 12.8. The van der Waals surface area contributed by atoms with Gasteiger partial charge in [-0.2, -0.15) is 0 Å².